The fourth-order valence-electron chi connectivity index (χ4n) is 3.30. The van der Waals surface area contributed by atoms with Gasteiger partial charge in [-0.25, -0.2) is 0 Å². The summed E-state index contributed by atoms with van der Waals surface area (Å²) in [5, 5.41) is 30.4. The van der Waals surface area contributed by atoms with E-state index in [4.69, 9.17) is 0 Å². The molecule has 0 saturated heterocycles. The van der Waals surface area contributed by atoms with Crippen LogP contribution in [0.3, 0.4) is 0 Å². The third-order valence-electron chi connectivity index (χ3n) is 4.76. The van der Waals surface area contributed by atoms with Gasteiger partial charge in [-0.1, -0.05) is 18.2 Å². The lowest BCUT2D eigenvalue weighted by atomic mass is 9.77. The lowest BCUT2D eigenvalue weighted by Gasteiger charge is -2.34. The second-order valence-electron chi connectivity index (χ2n) is 5.87. The van der Waals surface area contributed by atoms with Gasteiger partial charge in [0.15, 0.2) is 0 Å². The average molecular weight is 248 g/mol. The summed E-state index contributed by atoms with van der Waals surface area (Å²) < 4.78 is 0. The Labute approximate surface area is 107 Å². The van der Waals surface area contributed by atoms with Crippen molar-refractivity contribution in [2.45, 2.75) is 50.4 Å². The zero-order valence-corrected chi connectivity index (χ0v) is 10.6. The first-order valence-corrected chi connectivity index (χ1v) is 6.71. The van der Waals surface area contributed by atoms with Gasteiger partial charge < -0.3 is 15.3 Å². The Morgan fingerprint density at radius 1 is 1.11 bits per heavy atom. The van der Waals surface area contributed by atoms with E-state index in [1.54, 1.807) is 6.92 Å². The van der Waals surface area contributed by atoms with Crippen molar-refractivity contribution in [2.24, 2.45) is 5.92 Å². The van der Waals surface area contributed by atoms with E-state index >= 15 is 0 Å². The van der Waals surface area contributed by atoms with E-state index in [0.717, 1.165) is 18.4 Å². The van der Waals surface area contributed by atoms with Crippen molar-refractivity contribution >= 4 is 0 Å². The Morgan fingerprint density at radius 3 is 2.33 bits per heavy atom. The summed E-state index contributed by atoms with van der Waals surface area (Å²) in [6.45, 7) is 1.75. The predicted molar refractivity (Wildman–Crippen MR) is 68.2 cm³/mol. The van der Waals surface area contributed by atoms with Crippen LogP contribution in [-0.4, -0.2) is 27.5 Å². The molecule has 0 heterocycles. The van der Waals surface area contributed by atoms with Crippen LogP contribution in [0.5, 0.6) is 0 Å². The lowest BCUT2D eigenvalue weighted by Crippen LogP contribution is -2.39. The maximum atomic E-state index is 10.7. The van der Waals surface area contributed by atoms with Gasteiger partial charge in [0.2, 0.25) is 0 Å². The second-order valence-corrected chi connectivity index (χ2v) is 5.87. The smallest absolute Gasteiger partial charge is 0.0922 e. The maximum Gasteiger partial charge on any atom is 0.0922 e. The number of benzene rings is 1. The maximum absolute atomic E-state index is 10.7. The molecule has 0 amide bonds. The molecule has 1 fully saturated rings. The van der Waals surface area contributed by atoms with E-state index in [2.05, 4.69) is 12.1 Å². The number of aliphatic hydroxyl groups is 3. The Balaban J connectivity index is 1.91. The van der Waals surface area contributed by atoms with Gasteiger partial charge in [0.25, 0.3) is 0 Å². The van der Waals surface area contributed by atoms with Crippen LogP contribution in [-0.2, 0) is 18.4 Å². The summed E-state index contributed by atoms with van der Waals surface area (Å²) in [6, 6.07) is 6.08. The van der Waals surface area contributed by atoms with Crippen molar-refractivity contribution in [1.29, 1.82) is 0 Å². The third-order valence-corrected chi connectivity index (χ3v) is 4.76. The molecule has 18 heavy (non-hydrogen) atoms. The van der Waals surface area contributed by atoms with E-state index in [1.807, 2.05) is 6.07 Å². The summed E-state index contributed by atoms with van der Waals surface area (Å²) >= 11 is 0. The van der Waals surface area contributed by atoms with E-state index in [9.17, 15) is 15.3 Å². The highest BCUT2D eigenvalue weighted by molar-refractivity contribution is 5.40. The zero-order chi connectivity index (χ0) is 12.9. The summed E-state index contributed by atoms with van der Waals surface area (Å²) in [5.74, 6) is -0.286. The molecule has 0 spiro atoms. The molecule has 3 nitrogen and oxygen atoms in total. The average Bonchev–Trinajstić information content (AvgIpc) is 2.62. The number of hydrogen-bond donors (Lipinski definition) is 3. The Morgan fingerprint density at radius 2 is 1.83 bits per heavy atom. The summed E-state index contributed by atoms with van der Waals surface area (Å²) in [7, 11) is 0. The second kappa shape index (κ2) is 4.05. The first kappa shape index (κ1) is 12.2. The van der Waals surface area contributed by atoms with Crippen LogP contribution >= 0.6 is 0 Å². The van der Waals surface area contributed by atoms with Crippen LogP contribution in [0.4, 0.5) is 0 Å². The Hall–Kier alpha value is -0.900. The summed E-state index contributed by atoms with van der Waals surface area (Å²) in [6.07, 6.45) is 1.90. The molecule has 0 aromatic heterocycles. The van der Waals surface area contributed by atoms with Crippen LogP contribution in [0.25, 0.3) is 0 Å². The SMILES string of the molecule is C[C@@](O)(c1ccc2c(c1)CC2)[C@H]1CC[C@H](O)[C@@H]1O. The molecule has 3 heteroatoms. The number of aryl methyl sites for hydroxylation is 2. The van der Waals surface area contributed by atoms with Crippen molar-refractivity contribution < 1.29 is 15.3 Å². The topological polar surface area (TPSA) is 60.7 Å². The van der Waals surface area contributed by atoms with Crippen molar-refractivity contribution in [2.75, 3.05) is 0 Å². The molecule has 2 aliphatic rings. The number of aliphatic hydroxyl groups excluding tert-OH is 2. The molecular weight excluding hydrogens is 228 g/mol. The normalized spacial score (nSPS) is 33.7. The van der Waals surface area contributed by atoms with Crippen molar-refractivity contribution in [1.82, 2.24) is 0 Å². The molecule has 1 aromatic carbocycles. The standard InChI is InChI=1S/C15H20O3/c1-15(18,12-6-7-13(16)14(12)17)11-5-4-9-2-3-10(9)8-11/h4-5,8,12-14,16-18H,2-3,6-7H2,1H3/t12-,13-,14+,15+/m0/s1. The van der Waals surface area contributed by atoms with Crippen molar-refractivity contribution in [3.63, 3.8) is 0 Å². The van der Waals surface area contributed by atoms with Crippen LogP contribution in [0, 0.1) is 5.92 Å². The number of hydrogen-bond acceptors (Lipinski definition) is 3. The molecule has 0 unspecified atom stereocenters. The van der Waals surface area contributed by atoms with Gasteiger partial charge >= 0.3 is 0 Å². The monoisotopic (exact) mass is 248 g/mol. The molecular formula is C15H20O3. The zero-order valence-electron chi connectivity index (χ0n) is 10.6. The highest BCUT2D eigenvalue weighted by Gasteiger charge is 2.45. The largest absolute Gasteiger partial charge is 0.390 e. The lowest BCUT2D eigenvalue weighted by molar-refractivity contribution is -0.0741. The van der Waals surface area contributed by atoms with Crippen LogP contribution in [0.2, 0.25) is 0 Å². The molecule has 1 saturated carbocycles. The van der Waals surface area contributed by atoms with Gasteiger partial charge in [0, 0.05) is 5.92 Å². The minimum absolute atomic E-state index is 0.286. The molecule has 98 valence electrons. The molecule has 4 atom stereocenters. The highest BCUT2D eigenvalue weighted by Crippen LogP contribution is 2.41. The van der Waals surface area contributed by atoms with Crippen LogP contribution in [0.15, 0.2) is 18.2 Å². The fourth-order valence-corrected chi connectivity index (χ4v) is 3.30. The molecule has 3 rings (SSSR count). The van der Waals surface area contributed by atoms with Crippen LogP contribution < -0.4 is 0 Å². The molecule has 1 aromatic rings. The van der Waals surface area contributed by atoms with Gasteiger partial charge in [-0.3, -0.25) is 0 Å². The van der Waals surface area contributed by atoms with Gasteiger partial charge in [-0.15, -0.1) is 0 Å². The minimum atomic E-state index is -1.07. The van der Waals surface area contributed by atoms with Gasteiger partial charge in [0.05, 0.1) is 17.8 Å². The Bertz CT molecular complexity index is 467. The highest BCUT2D eigenvalue weighted by atomic mass is 16.3. The van der Waals surface area contributed by atoms with E-state index in [0.29, 0.717) is 12.8 Å². The van der Waals surface area contributed by atoms with E-state index in [1.165, 1.54) is 11.1 Å². The summed E-state index contributed by atoms with van der Waals surface area (Å²) in [4.78, 5) is 0. The molecule has 3 N–H and O–H groups in total. The van der Waals surface area contributed by atoms with Crippen molar-refractivity contribution in [3.05, 3.63) is 34.9 Å². The summed E-state index contributed by atoms with van der Waals surface area (Å²) in [5.41, 5.74) is 2.46. The molecule has 0 aliphatic heterocycles. The van der Waals surface area contributed by atoms with E-state index in [-0.39, 0.29) is 5.92 Å². The molecule has 0 bridgehead atoms. The predicted octanol–water partition coefficient (Wildman–Crippen LogP) is 1.12. The van der Waals surface area contributed by atoms with Gasteiger partial charge in [0.1, 0.15) is 0 Å². The first-order chi connectivity index (χ1) is 8.50. The number of rotatable bonds is 2. The van der Waals surface area contributed by atoms with Crippen LogP contribution in [0.1, 0.15) is 36.5 Å². The minimum Gasteiger partial charge on any atom is -0.390 e. The first-order valence-electron chi connectivity index (χ1n) is 6.71. The Kier molecular flexibility index (Phi) is 2.73. The quantitative estimate of drug-likeness (QED) is 0.735. The number of fused-ring (bicyclic) bond motifs is 1. The molecule has 0 radical (unpaired) electrons. The van der Waals surface area contributed by atoms with E-state index < -0.39 is 17.8 Å². The van der Waals surface area contributed by atoms with Gasteiger partial charge in [-0.2, -0.15) is 0 Å². The van der Waals surface area contributed by atoms with Gasteiger partial charge in [-0.05, 0) is 49.3 Å². The third kappa shape index (κ3) is 1.69. The molecule has 2 aliphatic carbocycles. The fraction of sp³-hybridized carbons (Fsp3) is 0.600. The van der Waals surface area contributed by atoms with Crippen molar-refractivity contribution in [3.8, 4) is 0 Å².